The summed E-state index contributed by atoms with van der Waals surface area (Å²) < 4.78 is 27.1. The van der Waals surface area contributed by atoms with Gasteiger partial charge in [-0.05, 0) is 79.5 Å². The molecular weight excluding hydrogens is 472 g/mol. The number of hydrogen-bond acceptors (Lipinski definition) is 7. The second-order valence-corrected chi connectivity index (χ2v) is 8.85. The quantitative estimate of drug-likeness (QED) is 0.150. The van der Waals surface area contributed by atoms with Gasteiger partial charge in [-0.3, -0.25) is 0 Å². The van der Waals surface area contributed by atoms with Crippen LogP contribution in [0.25, 0.3) is 11.1 Å². The van der Waals surface area contributed by atoms with Crippen molar-refractivity contribution in [1.82, 2.24) is 0 Å². The highest BCUT2D eigenvalue weighted by molar-refractivity contribution is 5.90. The van der Waals surface area contributed by atoms with Crippen molar-refractivity contribution in [3.8, 4) is 22.6 Å². The van der Waals surface area contributed by atoms with Crippen LogP contribution in [-0.2, 0) is 23.8 Å². The average molecular weight is 509 g/mol. The second-order valence-electron chi connectivity index (χ2n) is 8.85. The van der Waals surface area contributed by atoms with Gasteiger partial charge in [0.1, 0.15) is 24.7 Å². The van der Waals surface area contributed by atoms with Gasteiger partial charge < -0.3 is 23.7 Å². The van der Waals surface area contributed by atoms with E-state index in [2.05, 4.69) is 13.2 Å². The molecule has 7 nitrogen and oxygen atoms in total. The fourth-order valence-corrected chi connectivity index (χ4v) is 4.48. The lowest BCUT2D eigenvalue weighted by atomic mass is 9.79. The highest BCUT2D eigenvalue weighted by Gasteiger charge is 2.25. The zero-order valence-electron chi connectivity index (χ0n) is 21.7. The molecule has 2 aromatic rings. The molecule has 1 saturated carbocycles. The van der Waals surface area contributed by atoms with Gasteiger partial charge in [0.05, 0.1) is 18.3 Å². The lowest BCUT2D eigenvalue weighted by Crippen LogP contribution is -2.21. The van der Waals surface area contributed by atoms with Crippen molar-refractivity contribution in [2.24, 2.45) is 0 Å². The smallest absolute Gasteiger partial charge is 0.341 e. The number of rotatable bonds is 13. The minimum Gasteiger partial charge on any atom is -0.490 e. The summed E-state index contributed by atoms with van der Waals surface area (Å²) in [5.74, 6) is 0.518. The first-order valence-corrected chi connectivity index (χ1v) is 12.6. The number of carbonyl (C=O) groups excluding carboxylic acids is 2. The predicted octanol–water partition coefficient (Wildman–Crippen LogP) is 5.63. The molecule has 0 amide bonds. The monoisotopic (exact) mass is 508 g/mol. The van der Waals surface area contributed by atoms with Gasteiger partial charge in [-0.1, -0.05) is 31.4 Å². The van der Waals surface area contributed by atoms with Crippen LogP contribution in [0.1, 0.15) is 44.1 Å². The van der Waals surface area contributed by atoms with Crippen molar-refractivity contribution in [2.45, 2.75) is 44.6 Å². The fraction of sp³-hybridized carbons (Fsp3) is 0.400. The normalized spacial score (nSPS) is 17.0. The topological polar surface area (TPSA) is 80.3 Å². The molecule has 7 heteroatoms. The molecule has 0 bridgehead atoms. The van der Waals surface area contributed by atoms with E-state index in [1.165, 1.54) is 7.11 Å². The Labute approximate surface area is 219 Å². The molecule has 1 fully saturated rings. The summed E-state index contributed by atoms with van der Waals surface area (Å²) in [6, 6.07) is 13.6. The molecule has 198 valence electrons. The standard InChI is InChI=1S/C30H36O7/c1-5-29(31)36-18-17-35-25-13-7-22(8-14-25)27-16-15-26(37-30(32)21(3)20-33-4)19-28(27)23-9-11-24(12-10-23)34-6-2/h5,7-8,13-16,19,23-24H,1,3,6,9-12,17-18,20H2,2,4H3. The number of methoxy groups -OCH3 is 1. The van der Waals surface area contributed by atoms with Crippen LogP contribution in [0.2, 0.25) is 0 Å². The molecule has 1 aliphatic rings. The number of hydrogen-bond donors (Lipinski definition) is 0. The van der Waals surface area contributed by atoms with Gasteiger partial charge >= 0.3 is 11.9 Å². The summed E-state index contributed by atoms with van der Waals surface area (Å²) in [4.78, 5) is 23.5. The Morgan fingerprint density at radius 3 is 2.35 bits per heavy atom. The molecule has 0 heterocycles. The van der Waals surface area contributed by atoms with Crippen LogP contribution in [-0.4, -0.2) is 51.6 Å². The molecule has 1 aliphatic carbocycles. The lowest BCUT2D eigenvalue weighted by Gasteiger charge is -2.30. The van der Waals surface area contributed by atoms with Crippen LogP contribution < -0.4 is 9.47 Å². The zero-order valence-corrected chi connectivity index (χ0v) is 21.7. The van der Waals surface area contributed by atoms with E-state index >= 15 is 0 Å². The summed E-state index contributed by atoms with van der Waals surface area (Å²) in [5.41, 5.74) is 3.53. The molecule has 0 radical (unpaired) electrons. The summed E-state index contributed by atoms with van der Waals surface area (Å²) in [5, 5.41) is 0. The van der Waals surface area contributed by atoms with Gasteiger partial charge in [0.2, 0.25) is 0 Å². The summed E-state index contributed by atoms with van der Waals surface area (Å²) in [6.07, 6.45) is 5.40. The Morgan fingerprint density at radius 1 is 1.00 bits per heavy atom. The predicted molar refractivity (Wildman–Crippen MR) is 142 cm³/mol. The highest BCUT2D eigenvalue weighted by atomic mass is 16.6. The average Bonchev–Trinajstić information content (AvgIpc) is 2.92. The largest absolute Gasteiger partial charge is 0.490 e. The molecular formula is C30H36O7. The maximum Gasteiger partial charge on any atom is 0.341 e. The van der Waals surface area contributed by atoms with Crippen molar-refractivity contribution >= 4 is 11.9 Å². The summed E-state index contributed by atoms with van der Waals surface area (Å²) >= 11 is 0. The fourth-order valence-electron chi connectivity index (χ4n) is 4.48. The van der Waals surface area contributed by atoms with Crippen LogP contribution in [0.5, 0.6) is 11.5 Å². The van der Waals surface area contributed by atoms with E-state index in [-0.39, 0.29) is 25.4 Å². The Morgan fingerprint density at radius 2 is 1.70 bits per heavy atom. The third kappa shape index (κ3) is 8.30. The molecule has 0 aromatic heterocycles. The third-order valence-corrected chi connectivity index (χ3v) is 6.29. The van der Waals surface area contributed by atoms with Crippen LogP contribution in [0.15, 0.2) is 67.3 Å². The number of esters is 2. The minimum absolute atomic E-state index is 0.121. The van der Waals surface area contributed by atoms with Crippen LogP contribution in [0.4, 0.5) is 0 Å². The molecule has 3 rings (SSSR count). The maximum absolute atomic E-state index is 12.4. The molecule has 0 saturated heterocycles. The maximum atomic E-state index is 12.4. The molecule has 37 heavy (non-hydrogen) atoms. The number of benzene rings is 2. The van der Waals surface area contributed by atoms with Crippen molar-refractivity contribution < 1.29 is 33.3 Å². The van der Waals surface area contributed by atoms with Crippen molar-refractivity contribution in [1.29, 1.82) is 0 Å². The van der Waals surface area contributed by atoms with E-state index in [0.29, 0.717) is 23.5 Å². The van der Waals surface area contributed by atoms with E-state index in [1.54, 1.807) is 6.07 Å². The van der Waals surface area contributed by atoms with Crippen LogP contribution in [0, 0.1) is 0 Å². The van der Waals surface area contributed by atoms with Gasteiger partial charge in [0.15, 0.2) is 0 Å². The first-order chi connectivity index (χ1) is 17.9. The Bertz CT molecular complexity index is 1070. The molecule has 0 atom stereocenters. The van der Waals surface area contributed by atoms with E-state index < -0.39 is 11.9 Å². The Hall–Kier alpha value is -3.42. The van der Waals surface area contributed by atoms with Gasteiger partial charge in [0.25, 0.3) is 0 Å². The molecule has 0 aliphatic heterocycles. The molecule has 2 aromatic carbocycles. The van der Waals surface area contributed by atoms with E-state index in [4.69, 9.17) is 23.7 Å². The van der Waals surface area contributed by atoms with Crippen molar-refractivity contribution in [3.63, 3.8) is 0 Å². The van der Waals surface area contributed by atoms with Gasteiger partial charge in [-0.15, -0.1) is 0 Å². The summed E-state index contributed by atoms with van der Waals surface area (Å²) in [7, 11) is 1.51. The van der Waals surface area contributed by atoms with E-state index in [9.17, 15) is 9.59 Å². The highest BCUT2D eigenvalue weighted by Crippen LogP contribution is 2.41. The number of carbonyl (C=O) groups is 2. The molecule has 0 spiro atoms. The van der Waals surface area contributed by atoms with Gasteiger partial charge in [0, 0.05) is 19.8 Å². The molecule has 0 N–H and O–H groups in total. The van der Waals surface area contributed by atoms with Crippen molar-refractivity contribution in [2.75, 3.05) is 33.5 Å². The zero-order chi connectivity index (χ0) is 26.6. The Balaban J connectivity index is 1.78. The second kappa shape index (κ2) is 14.4. The first kappa shape index (κ1) is 28.2. The lowest BCUT2D eigenvalue weighted by molar-refractivity contribution is -0.138. The van der Waals surface area contributed by atoms with Gasteiger partial charge in [-0.2, -0.15) is 0 Å². The van der Waals surface area contributed by atoms with Crippen LogP contribution in [0.3, 0.4) is 0 Å². The summed E-state index contributed by atoms with van der Waals surface area (Å²) in [6.45, 7) is 10.4. The van der Waals surface area contributed by atoms with E-state index in [0.717, 1.165) is 55.1 Å². The first-order valence-electron chi connectivity index (χ1n) is 12.6. The van der Waals surface area contributed by atoms with Crippen LogP contribution >= 0.6 is 0 Å². The minimum atomic E-state index is -0.499. The Kier molecular flexibility index (Phi) is 10.9. The SMILES string of the molecule is C=CC(=O)OCCOc1ccc(-c2ccc(OC(=O)C(=C)COC)cc2C2CCC(OCC)CC2)cc1. The van der Waals surface area contributed by atoms with E-state index in [1.807, 2.05) is 43.3 Å². The number of ether oxygens (including phenoxy) is 5. The van der Waals surface area contributed by atoms with Gasteiger partial charge in [-0.25, -0.2) is 9.59 Å². The third-order valence-electron chi connectivity index (χ3n) is 6.29. The molecule has 0 unspecified atom stereocenters. The van der Waals surface area contributed by atoms with Crippen molar-refractivity contribution in [3.05, 3.63) is 72.8 Å².